The molecule has 2 N–H and O–H groups in total. The minimum atomic E-state index is -0.248. The van der Waals surface area contributed by atoms with E-state index < -0.39 is 0 Å². The van der Waals surface area contributed by atoms with E-state index in [2.05, 4.69) is 15.9 Å². The van der Waals surface area contributed by atoms with E-state index in [4.69, 9.17) is 17.3 Å². The first kappa shape index (κ1) is 13.7. The van der Waals surface area contributed by atoms with Crippen LogP contribution in [0, 0.1) is 5.82 Å². The van der Waals surface area contributed by atoms with Gasteiger partial charge in [0.25, 0.3) is 0 Å². The lowest BCUT2D eigenvalue weighted by atomic mass is 10.2. The summed E-state index contributed by atoms with van der Waals surface area (Å²) in [4.78, 5) is 0.928. The summed E-state index contributed by atoms with van der Waals surface area (Å²) in [5.74, 6) is 0.251. The second kappa shape index (κ2) is 5.95. The van der Waals surface area contributed by atoms with E-state index in [0.717, 1.165) is 9.37 Å². The van der Waals surface area contributed by atoms with Gasteiger partial charge in [0.05, 0.1) is 0 Å². The second-order valence-electron chi connectivity index (χ2n) is 3.71. The normalized spacial score (nSPS) is 10.6. The van der Waals surface area contributed by atoms with Gasteiger partial charge in [-0.1, -0.05) is 27.5 Å². The maximum absolute atomic E-state index is 13.5. The van der Waals surface area contributed by atoms with Crippen molar-refractivity contribution in [1.29, 1.82) is 0 Å². The molecule has 0 bridgehead atoms. The van der Waals surface area contributed by atoms with Crippen molar-refractivity contribution in [3.63, 3.8) is 0 Å². The van der Waals surface area contributed by atoms with Gasteiger partial charge in [-0.25, -0.2) is 4.39 Å². The number of halogens is 3. The molecule has 0 spiro atoms. The molecule has 0 aliphatic rings. The van der Waals surface area contributed by atoms with Gasteiger partial charge < -0.3 is 5.73 Å². The Morgan fingerprint density at radius 2 is 2.00 bits per heavy atom. The lowest BCUT2D eigenvalue weighted by Crippen LogP contribution is -1.91. The molecule has 0 saturated heterocycles. The average Bonchev–Trinajstić information content (AvgIpc) is 2.32. The summed E-state index contributed by atoms with van der Waals surface area (Å²) in [6, 6.07) is 10.2. The molecule has 1 nitrogen and oxygen atoms in total. The number of thioether (sulfide) groups is 1. The summed E-state index contributed by atoms with van der Waals surface area (Å²) in [5.41, 5.74) is 7.14. The molecular weight excluding hydrogens is 337 g/mol. The third-order valence-electron chi connectivity index (χ3n) is 2.36. The SMILES string of the molecule is Nc1cc(Br)ccc1SCc1cc(Cl)ccc1F. The Morgan fingerprint density at radius 1 is 1.22 bits per heavy atom. The number of hydrogen-bond donors (Lipinski definition) is 1. The van der Waals surface area contributed by atoms with Crippen LogP contribution in [0.15, 0.2) is 45.8 Å². The zero-order valence-corrected chi connectivity index (χ0v) is 12.4. The molecule has 18 heavy (non-hydrogen) atoms. The number of rotatable bonds is 3. The number of hydrogen-bond acceptors (Lipinski definition) is 2. The van der Waals surface area contributed by atoms with Crippen molar-refractivity contribution in [2.45, 2.75) is 10.6 Å². The summed E-state index contributed by atoms with van der Waals surface area (Å²) in [7, 11) is 0. The smallest absolute Gasteiger partial charge is 0.127 e. The lowest BCUT2D eigenvalue weighted by Gasteiger charge is -2.07. The summed E-state index contributed by atoms with van der Waals surface area (Å²) < 4.78 is 14.5. The third-order valence-corrected chi connectivity index (χ3v) is 4.23. The van der Waals surface area contributed by atoms with Gasteiger partial charge in [-0.15, -0.1) is 11.8 Å². The van der Waals surface area contributed by atoms with Crippen LogP contribution >= 0.6 is 39.3 Å². The van der Waals surface area contributed by atoms with Gasteiger partial charge in [0.1, 0.15) is 5.82 Å². The Bertz CT molecular complexity index is 577. The fraction of sp³-hybridized carbons (Fsp3) is 0.0769. The average molecular weight is 347 g/mol. The maximum atomic E-state index is 13.5. The van der Waals surface area contributed by atoms with Crippen LogP contribution in [-0.4, -0.2) is 0 Å². The lowest BCUT2D eigenvalue weighted by molar-refractivity contribution is 0.617. The Labute approximate surface area is 123 Å². The fourth-order valence-corrected chi connectivity index (χ4v) is 2.96. The first-order valence-electron chi connectivity index (χ1n) is 5.18. The molecule has 2 aromatic rings. The van der Waals surface area contributed by atoms with E-state index in [0.29, 0.717) is 22.0 Å². The molecule has 0 unspecified atom stereocenters. The predicted octanol–water partition coefficient (Wildman–Crippen LogP) is 5.12. The van der Waals surface area contributed by atoms with Crippen LogP contribution in [0.25, 0.3) is 0 Å². The molecule has 94 valence electrons. The molecule has 0 amide bonds. The van der Waals surface area contributed by atoms with E-state index in [9.17, 15) is 4.39 Å². The molecule has 5 heteroatoms. The van der Waals surface area contributed by atoms with Crippen LogP contribution in [0.5, 0.6) is 0 Å². The highest BCUT2D eigenvalue weighted by Crippen LogP contribution is 2.31. The Balaban J connectivity index is 2.13. The first-order valence-corrected chi connectivity index (χ1v) is 7.33. The van der Waals surface area contributed by atoms with Crippen LogP contribution in [0.2, 0.25) is 5.02 Å². The molecule has 0 aromatic heterocycles. The van der Waals surface area contributed by atoms with Crippen LogP contribution in [0.4, 0.5) is 10.1 Å². The number of anilines is 1. The molecule has 0 fully saturated rings. The highest BCUT2D eigenvalue weighted by Gasteiger charge is 2.06. The van der Waals surface area contributed by atoms with Crippen molar-refractivity contribution in [2.24, 2.45) is 0 Å². The van der Waals surface area contributed by atoms with Gasteiger partial charge in [-0.05, 0) is 42.0 Å². The van der Waals surface area contributed by atoms with Crippen molar-refractivity contribution >= 4 is 45.0 Å². The molecule has 0 atom stereocenters. The molecule has 0 aliphatic heterocycles. The van der Waals surface area contributed by atoms with Gasteiger partial charge in [0, 0.05) is 25.8 Å². The Morgan fingerprint density at radius 3 is 2.72 bits per heavy atom. The topological polar surface area (TPSA) is 26.0 Å². The molecule has 0 radical (unpaired) electrons. The van der Waals surface area contributed by atoms with Crippen LogP contribution in [0.1, 0.15) is 5.56 Å². The monoisotopic (exact) mass is 345 g/mol. The molecule has 0 heterocycles. The molecular formula is C13H10BrClFNS. The van der Waals surface area contributed by atoms with Crippen molar-refractivity contribution < 1.29 is 4.39 Å². The second-order valence-corrected chi connectivity index (χ2v) is 6.08. The van der Waals surface area contributed by atoms with E-state index in [1.807, 2.05) is 18.2 Å². The summed E-state index contributed by atoms with van der Waals surface area (Å²) >= 11 is 10.7. The zero-order chi connectivity index (χ0) is 13.1. The molecule has 2 rings (SSSR count). The summed E-state index contributed by atoms with van der Waals surface area (Å²) in [6.45, 7) is 0. The van der Waals surface area contributed by atoms with E-state index >= 15 is 0 Å². The number of nitrogen functional groups attached to an aromatic ring is 1. The van der Waals surface area contributed by atoms with E-state index in [1.54, 1.807) is 12.1 Å². The van der Waals surface area contributed by atoms with E-state index in [-0.39, 0.29) is 5.82 Å². The van der Waals surface area contributed by atoms with Gasteiger partial charge in [-0.2, -0.15) is 0 Å². The van der Waals surface area contributed by atoms with Gasteiger partial charge in [0.15, 0.2) is 0 Å². The quantitative estimate of drug-likeness (QED) is 0.617. The van der Waals surface area contributed by atoms with Gasteiger partial charge in [0.2, 0.25) is 0 Å². The van der Waals surface area contributed by atoms with Crippen molar-refractivity contribution in [3.05, 3.63) is 57.3 Å². The predicted molar refractivity (Wildman–Crippen MR) is 79.5 cm³/mol. The third kappa shape index (κ3) is 3.40. The molecule has 0 aliphatic carbocycles. The van der Waals surface area contributed by atoms with E-state index in [1.165, 1.54) is 17.8 Å². The van der Waals surface area contributed by atoms with Crippen LogP contribution in [-0.2, 0) is 5.75 Å². The fourth-order valence-electron chi connectivity index (χ4n) is 1.46. The minimum Gasteiger partial charge on any atom is -0.398 e. The maximum Gasteiger partial charge on any atom is 0.127 e. The standard InChI is InChI=1S/C13H10BrClFNS/c14-9-1-4-13(12(17)6-9)18-7-8-5-10(15)2-3-11(8)16/h1-6H,7,17H2. The van der Waals surface area contributed by atoms with Gasteiger partial charge >= 0.3 is 0 Å². The summed E-state index contributed by atoms with van der Waals surface area (Å²) in [6.07, 6.45) is 0. The summed E-state index contributed by atoms with van der Waals surface area (Å²) in [5, 5.41) is 0.538. The first-order chi connectivity index (χ1) is 8.56. The van der Waals surface area contributed by atoms with Gasteiger partial charge in [-0.3, -0.25) is 0 Å². The highest BCUT2D eigenvalue weighted by atomic mass is 79.9. The molecule has 0 saturated carbocycles. The largest absolute Gasteiger partial charge is 0.398 e. The van der Waals surface area contributed by atoms with Crippen molar-refractivity contribution in [3.8, 4) is 0 Å². The molecule has 2 aromatic carbocycles. The Hall–Kier alpha value is -0.710. The van der Waals surface area contributed by atoms with Crippen molar-refractivity contribution in [2.75, 3.05) is 5.73 Å². The zero-order valence-electron chi connectivity index (χ0n) is 9.29. The Kier molecular flexibility index (Phi) is 4.54. The highest BCUT2D eigenvalue weighted by molar-refractivity contribution is 9.10. The number of nitrogens with two attached hydrogens (primary N) is 1. The van der Waals surface area contributed by atoms with Crippen LogP contribution in [0.3, 0.4) is 0 Å². The van der Waals surface area contributed by atoms with Crippen LogP contribution < -0.4 is 5.73 Å². The minimum absolute atomic E-state index is 0.248. The van der Waals surface area contributed by atoms with Crippen molar-refractivity contribution in [1.82, 2.24) is 0 Å². The number of benzene rings is 2.